The number of nitrogens with one attached hydrogen (secondary N) is 1. The number of hydrogen-bond donors (Lipinski definition) is 1. The Hall–Kier alpha value is -1.62. The van der Waals surface area contributed by atoms with E-state index in [1.54, 1.807) is 31.4 Å². The first-order valence-electron chi connectivity index (χ1n) is 6.74. The van der Waals surface area contributed by atoms with Crippen LogP contribution in [0.25, 0.3) is 0 Å². The Bertz CT molecular complexity index is 435. The molecule has 0 saturated carbocycles. The molecule has 1 heterocycles. The van der Waals surface area contributed by atoms with E-state index in [4.69, 9.17) is 4.74 Å². The van der Waals surface area contributed by atoms with Gasteiger partial charge in [0.15, 0.2) is 0 Å². The Kier molecular flexibility index (Phi) is 5.95. The van der Waals surface area contributed by atoms with E-state index in [-0.39, 0.29) is 6.54 Å². The monoisotopic (exact) mass is 283 g/mol. The molecule has 0 aliphatic carbocycles. The second-order valence-corrected chi connectivity index (χ2v) is 4.31. The highest BCUT2D eigenvalue weighted by molar-refractivity contribution is 5.82. The molecule has 1 aliphatic heterocycles. The predicted octanol–water partition coefficient (Wildman–Crippen LogP) is 2.29. The number of methoxy groups -OCH3 is 2. The molecule has 0 amide bonds. The third kappa shape index (κ3) is 3.10. The summed E-state index contributed by atoms with van der Waals surface area (Å²) in [5.74, 6) is -0.656. The highest BCUT2D eigenvalue weighted by Gasteiger charge is 2.51. The lowest BCUT2D eigenvalue weighted by molar-refractivity contribution is -0.154. The van der Waals surface area contributed by atoms with Gasteiger partial charge in [0, 0.05) is 19.0 Å². The van der Waals surface area contributed by atoms with Gasteiger partial charge in [-0.25, -0.2) is 9.18 Å². The largest absolute Gasteiger partial charge is 0.497 e. The Morgan fingerprint density at radius 3 is 2.40 bits per heavy atom. The number of rotatable bonds is 3. The van der Waals surface area contributed by atoms with Gasteiger partial charge in [0.05, 0.1) is 14.2 Å². The van der Waals surface area contributed by atoms with Gasteiger partial charge in [-0.2, -0.15) is 0 Å². The van der Waals surface area contributed by atoms with E-state index < -0.39 is 17.6 Å². The van der Waals surface area contributed by atoms with Crippen molar-refractivity contribution < 1.29 is 18.7 Å². The number of halogens is 1. The van der Waals surface area contributed by atoms with E-state index >= 15 is 0 Å². The Morgan fingerprint density at radius 2 is 1.90 bits per heavy atom. The van der Waals surface area contributed by atoms with Gasteiger partial charge in [-0.15, -0.1) is 0 Å². The second-order valence-electron chi connectivity index (χ2n) is 4.31. The minimum absolute atomic E-state index is 0.0175. The molecular weight excluding hydrogens is 261 g/mol. The van der Waals surface area contributed by atoms with Crippen LogP contribution in [0.15, 0.2) is 24.3 Å². The number of carbonyl (C=O) groups is 1. The molecule has 112 valence electrons. The van der Waals surface area contributed by atoms with Crippen molar-refractivity contribution in [1.82, 2.24) is 5.32 Å². The maximum atomic E-state index is 14.7. The minimum atomic E-state index is -2.00. The van der Waals surface area contributed by atoms with E-state index in [2.05, 4.69) is 10.1 Å². The lowest BCUT2D eigenvalue weighted by Gasteiger charge is -2.23. The van der Waals surface area contributed by atoms with Crippen molar-refractivity contribution in [3.8, 4) is 5.75 Å². The first kappa shape index (κ1) is 16.4. The summed E-state index contributed by atoms with van der Waals surface area (Å²) in [6.07, 6.45) is 0. The maximum Gasteiger partial charge on any atom is 0.345 e. The zero-order valence-corrected chi connectivity index (χ0v) is 12.4. The second kappa shape index (κ2) is 7.24. The van der Waals surface area contributed by atoms with Crippen LogP contribution in [0.5, 0.6) is 5.75 Å². The summed E-state index contributed by atoms with van der Waals surface area (Å²) in [6, 6.07) is 7.05. The van der Waals surface area contributed by atoms with Crippen LogP contribution in [-0.4, -0.2) is 38.9 Å². The van der Waals surface area contributed by atoms with Gasteiger partial charge in [-0.05, 0) is 17.7 Å². The number of ether oxygens (including phenoxy) is 2. The van der Waals surface area contributed by atoms with E-state index in [0.717, 1.165) is 5.56 Å². The smallest absolute Gasteiger partial charge is 0.345 e. The third-order valence-electron chi connectivity index (χ3n) is 3.33. The molecule has 0 unspecified atom stereocenters. The summed E-state index contributed by atoms with van der Waals surface area (Å²) in [5.41, 5.74) is -1.24. The topological polar surface area (TPSA) is 47.6 Å². The zero-order chi connectivity index (χ0) is 15.2. The van der Waals surface area contributed by atoms with Gasteiger partial charge in [-0.1, -0.05) is 26.0 Å². The molecule has 0 aromatic heterocycles. The number of carbonyl (C=O) groups excluding carboxylic acids is 1. The summed E-state index contributed by atoms with van der Waals surface area (Å²) in [5, 5.41) is 2.90. The SMILES string of the molecule is CC.COC(=O)[C@]1(F)CNC[C@H]1c1ccc(OC)cc1. The quantitative estimate of drug-likeness (QED) is 0.865. The molecule has 0 spiro atoms. The fraction of sp³-hybridized carbons (Fsp3) is 0.533. The molecule has 4 nitrogen and oxygen atoms in total. The summed E-state index contributed by atoms with van der Waals surface area (Å²) < 4.78 is 24.3. The molecule has 0 bridgehead atoms. The fourth-order valence-corrected chi connectivity index (χ4v) is 2.29. The molecule has 2 rings (SSSR count). The Morgan fingerprint density at radius 1 is 1.30 bits per heavy atom. The van der Waals surface area contributed by atoms with Gasteiger partial charge < -0.3 is 14.8 Å². The molecule has 1 N–H and O–H groups in total. The van der Waals surface area contributed by atoms with Crippen molar-refractivity contribution in [2.75, 3.05) is 27.3 Å². The summed E-state index contributed by atoms with van der Waals surface area (Å²) in [6.45, 7) is 4.40. The molecule has 1 saturated heterocycles. The first-order chi connectivity index (χ1) is 9.61. The molecule has 2 atom stereocenters. The van der Waals surface area contributed by atoms with Crippen molar-refractivity contribution in [1.29, 1.82) is 0 Å². The van der Waals surface area contributed by atoms with Crippen LogP contribution in [0.3, 0.4) is 0 Å². The average molecular weight is 283 g/mol. The average Bonchev–Trinajstić information content (AvgIpc) is 2.91. The Labute approximate surface area is 119 Å². The fourth-order valence-electron chi connectivity index (χ4n) is 2.29. The molecule has 20 heavy (non-hydrogen) atoms. The number of hydrogen-bond acceptors (Lipinski definition) is 4. The zero-order valence-electron chi connectivity index (χ0n) is 12.4. The van der Waals surface area contributed by atoms with Crippen molar-refractivity contribution in [3.05, 3.63) is 29.8 Å². The van der Waals surface area contributed by atoms with Gasteiger partial charge in [0.1, 0.15) is 5.75 Å². The van der Waals surface area contributed by atoms with Crippen molar-refractivity contribution in [3.63, 3.8) is 0 Å². The predicted molar refractivity (Wildman–Crippen MR) is 75.8 cm³/mol. The number of benzene rings is 1. The molecule has 1 aromatic carbocycles. The van der Waals surface area contributed by atoms with Crippen LogP contribution < -0.4 is 10.1 Å². The lowest BCUT2D eigenvalue weighted by atomic mass is 9.86. The highest BCUT2D eigenvalue weighted by atomic mass is 19.1. The van der Waals surface area contributed by atoms with E-state index in [1.165, 1.54) is 7.11 Å². The standard InChI is InChI=1S/C13H16FNO3.C2H6/c1-17-10-5-3-9(4-6-10)11-7-15-8-13(11,14)12(16)18-2;1-2/h3-6,11,15H,7-8H2,1-2H3;1-2H3/t11-,13-;/m0./s1. The summed E-state index contributed by atoms with van der Waals surface area (Å²) in [4.78, 5) is 11.6. The maximum absolute atomic E-state index is 14.7. The molecule has 0 radical (unpaired) electrons. The van der Waals surface area contributed by atoms with Crippen LogP contribution in [0, 0.1) is 0 Å². The van der Waals surface area contributed by atoms with Crippen LogP contribution in [0.4, 0.5) is 4.39 Å². The van der Waals surface area contributed by atoms with Crippen molar-refractivity contribution in [2.45, 2.75) is 25.4 Å². The van der Waals surface area contributed by atoms with E-state index in [0.29, 0.717) is 12.3 Å². The lowest BCUT2D eigenvalue weighted by Crippen LogP contribution is -2.41. The normalized spacial score (nSPS) is 24.6. The number of alkyl halides is 1. The van der Waals surface area contributed by atoms with Crippen molar-refractivity contribution in [2.24, 2.45) is 0 Å². The minimum Gasteiger partial charge on any atom is -0.497 e. The highest BCUT2D eigenvalue weighted by Crippen LogP contribution is 2.36. The first-order valence-corrected chi connectivity index (χ1v) is 6.74. The summed E-state index contributed by atoms with van der Waals surface area (Å²) >= 11 is 0. The molecule has 1 fully saturated rings. The van der Waals surface area contributed by atoms with Gasteiger partial charge >= 0.3 is 5.97 Å². The van der Waals surface area contributed by atoms with Crippen LogP contribution in [0.1, 0.15) is 25.3 Å². The molecule has 1 aliphatic rings. The molecule has 5 heteroatoms. The third-order valence-corrected chi connectivity index (χ3v) is 3.33. The number of esters is 1. The van der Waals surface area contributed by atoms with Gasteiger partial charge in [-0.3, -0.25) is 0 Å². The van der Waals surface area contributed by atoms with Crippen LogP contribution in [0.2, 0.25) is 0 Å². The summed E-state index contributed by atoms with van der Waals surface area (Å²) in [7, 11) is 2.77. The van der Waals surface area contributed by atoms with Crippen LogP contribution in [-0.2, 0) is 9.53 Å². The van der Waals surface area contributed by atoms with Gasteiger partial charge in [0.25, 0.3) is 0 Å². The van der Waals surface area contributed by atoms with E-state index in [9.17, 15) is 9.18 Å². The van der Waals surface area contributed by atoms with Crippen molar-refractivity contribution >= 4 is 5.97 Å². The van der Waals surface area contributed by atoms with Crippen LogP contribution >= 0.6 is 0 Å². The van der Waals surface area contributed by atoms with E-state index in [1.807, 2.05) is 13.8 Å². The molecular formula is C15H22FNO3. The van der Waals surface area contributed by atoms with Gasteiger partial charge in [0.2, 0.25) is 5.67 Å². The Balaban J connectivity index is 0.000000956. The molecule has 1 aromatic rings.